The number of unbranched alkanes of at least 4 members (excludes halogenated alkanes) is 3. The van der Waals surface area contributed by atoms with E-state index in [9.17, 15) is 18.4 Å². The molecule has 1 aromatic rings. The summed E-state index contributed by atoms with van der Waals surface area (Å²) in [5, 5.41) is 8.60. The molecule has 136 valence electrons. The highest BCUT2D eigenvalue weighted by Gasteiger charge is 2.32. The number of carbonyl (C=O) groups is 2. The van der Waals surface area contributed by atoms with Crippen LogP contribution in [0.1, 0.15) is 56.9 Å². The molecule has 0 spiro atoms. The zero-order valence-electron chi connectivity index (χ0n) is 14.2. The summed E-state index contributed by atoms with van der Waals surface area (Å²) in [4.78, 5) is 22.5. The lowest BCUT2D eigenvalue weighted by Gasteiger charge is -2.15. The van der Waals surface area contributed by atoms with Crippen LogP contribution in [0, 0.1) is 23.5 Å². The third kappa shape index (κ3) is 5.76. The van der Waals surface area contributed by atoms with E-state index >= 15 is 0 Å². The van der Waals surface area contributed by atoms with Crippen molar-refractivity contribution in [3.8, 4) is 0 Å². The van der Waals surface area contributed by atoms with E-state index in [1.807, 2.05) is 6.08 Å². The Morgan fingerprint density at radius 1 is 1.20 bits per heavy atom. The first-order chi connectivity index (χ1) is 12.0. The molecule has 5 heteroatoms. The van der Waals surface area contributed by atoms with E-state index in [-0.39, 0.29) is 29.6 Å². The van der Waals surface area contributed by atoms with Crippen LogP contribution in [0.5, 0.6) is 0 Å². The van der Waals surface area contributed by atoms with E-state index in [2.05, 4.69) is 0 Å². The van der Waals surface area contributed by atoms with Gasteiger partial charge in [-0.1, -0.05) is 43.5 Å². The molecule has 2 unspecified atom stereocenters. The van der Waals surface area contributed by atoms with Crippen LogP contribution in [0.25, 0.3) is 6.08 Å². The van der Waals surface area contributed by atoms with Crippen molar-refractivity contribution in [1.29, 1.82) is 0 Å². The van der Waals surface area contributed by atoms with E-state index in [0.29, 0.717) is 12.8 Å². The quantitative estimate of drug-likeness (QED) is 0.638. The third-order valence-electron chi connectivity index (χ3n) is 4.81. The highest BCUT2D eigenvalue weighted by Crippen LogP contribution is 2.34. The largest absolute Gasteiger partial charge is 0.481 e. The molecular weight excluding hydrogens is 326 g/mol. The Kier molecular flexibility index (Phi) is 7.29. The van der Waals surface area contributed by atoms with Gasteiger partial charge in [-0.2, -0.15) is 0 Å². The van der Waals surface area contributed by atoms with Crippen molar-refractivity contribution in [1.82, 2.24) is 0 Å². The second-order valence-electron chi connectivity index (χ2n) is 6.62. The maximum atomic E-state index is 13.7. The molecule has 1 aromatic carbocycles. The summed E-state index contributed by atoms with van der Waals surface area (Å²) in [5.41, 5.74) is 0.201. The summed E-state index contributed by atoms with van der Waals surface area (Å²) in [7, 11) is 0. The molecule has 1 saturated carbocycles. The van der Waals surface area contributed by atoms with Gasteiger partial charge in [0, 0.05) is 24.3 Å². The van der Waals surface area contributed by atoms with Gasteiger partial charge in [0.2, 0.25) is 0 Å². The van der Waals surface area contributed by atoms with Crippen molar-refractivity contribution in [2.75, 3.05) is 0 Å². The number of hydrogen-bond donors (Lipinski definition) is 1. The van der Waals surface area contributed by atoms with E-state index < -0.39 is 17.6 Å². The zero-order chi connectivity index (χ0) is 18.2. The monoisotopic (exact) mass is 350 g/mol. The van der Waals surface area contributed by atoms with Gasteiger partial charge in [0.05, 0.1) is 0 Å². The number of carboxylic acids is 1. The van der Waals surface area contributed by atoms with Crippen LogP contribution in [0.2, 0.25) is 0 Å². The molecule has 0 aromatic heterocycles. The highest BCUT2D eigenvalue weighted by molar-refractivity contribution is 5.84. The smallest absolute Gasteiger partial charge is 0.303 e. The summed E-state index contributed by atoms with van der Waals surface area (Å²) in [6, 6.07) is 4.06. The molecule has 1 aliphatic rings. The van der Waals surface area contributed by atoms with E-state index in [0.717, 1.165) is 38.2 Å². The van der Waals surface area contributed by atoms with Crippen LogP contribution >= 0.6 is 0 Å². The Morgan fingerprint density at radius 2 is 1.96 bits per heavy atom. The number of rotatable bonds is 9. The predicted molar refractivity (Wildman–Crippen MR) is 92.0 cm³/mol. The average molecular weight is 350 g/mol. The number of carbonyl (C=O) groups excluding carboxylic acids is 1. The molecule has 0 aliphatic heterocycles. The molecule has 1 aliphatic carbocycles. The Morgan fingerprint density at radius 3 is 2.72 bits per heavy atom. The van der Waals surface area contributed by atoms with Gasteiger partial charge < -0.3 is 5.11 Å². The van der Waals surface area contributed by atoms with Crippen molar-refractivity contribution >= 4 is 17.8 Å². The third-order valence-corrected chi connectivity index (χ3v) is 4.81. The number of carboxylic acid groups (broad SMARTS) is 1. The average Bonchev–Trinajstić information content (AvgIpc) is 2.92. The van der Waals surface area contributed by atoms with Crippen LogP contribution in [0.15, 0.2) is 24.3 Å². The Bertz CT molecular complexity index is 640. The van der Waals surface area contributed by atoms with Gasteiger partial charge in [0.25, 0.3) is 0 Å². The molecule has 0 bridgehead atoms. The van der Waals surface area contributed by atoms with Crippen molar-refractivity contribution in [2.45, 2.75) is 51.4 Å². The first-order valence-corrected chi connectivity index (χ1v) is 8.85. The molecule has 3 nitrogen and oxygen atoms in total. The second-order valence-corrected chi connectivity index (χ2v) is 6.62. The van der Waals surface area contributed by atoms with Crippen molar-refractivity contribution in [2.24, 2.45) is 11.8 Å². The standard InChI is InChI=1S/C20H24F2O3/c21-17-8-5-6-15(20(17)22)11-10-14-12-13-18(23)16(14)7-3-1-2-4-9-19(24)25/h5-6,8,10-11,14,16H,1-4,7,9,12-13H2,(H,24,25)/b11-10+. The summed E-state index contributed by atoms with van der Waals surface area (Å²) in [5.74, 6) is -2.28. The van der Waals surface area contributed by atoms with Gasteiger partial charge in [-0.15, -0.1) is 0 Å². The van der Waals surface area contributed by atoms with E-state index in [4.69, 9.17) is 5.11 Å². The van der Waals surface area contributed by atoms with E-state index in [1.165, 1.54) is 12.1 Å². The van der Waals surface area contributed by atoms with Crippen molar-refractivity contribution < 1.29 is 23.5 Å². The fourth-order valence-corrected chi connectivity index (χ4v) is 3.41. The first-order valence-electron chi connectivity index (χ1n) is 8.85. The van der Waals surface area contributed by atoms with Gasteiger partial charge in [0.15, 0.2) is 11.6 Å². The normalized spacial score (nSPS) is 20.5. The number of aliphatic carboxylic acids is 1. The highest BCUT2D eigenvalue weighted by atomic mass is 19.2. The minimum atomic E-state index is -0.873. The maximum Gasteiger partial charge on any atom is 0.303 e. The minimum Gasteiger partial charge on any atom is -0.481 e. The van der Waals surface area contributed by atoms with Crippen LogP contribution in [0.4, 0.5) is 8.78 Å². The minimum absolute atomic E-state index is 0.0626. The molecule has 2 atom stereocenters. The molecule has 0 heterocycles. The van der Waals surface area contributed by atoms with Crippen molar-refractivity contribution in [3.05, 3.63) is 41.5 Å². The number of halogens is 2. The molecule has 0 amide bonds. The van der Waals surface area contributed by atoms with Crippen LogP contribution < -0.4 is 0 Å². The van der Waals surface area contributed by atoms with Gasteiger partial charge in [-0.25, -0.2) is 8.78 Å². The topological polar surface area (TPSA) is 54.4 Å². The fourth-order valence-electron chi connectivity index (χ4n) is 3.41. The van der Waals surface area contributed by atoms with E-state index in [1.54, 1.807) is 6.08 Å². The van der Waals surface area contributed by atoms with Gasteiger partial charge in [-0.3, -0.25) is 9.59 Å². The Labute approximate surface area is 146 Å². The van der Waals surface area contributed by atoms with Crippen LogP contribution in [-0.2, 0) is 9.59 Å². The second kappa shape index (κ2) is 9.44. The maximum absolute atomic E-state index is 13.7. The molecule has 2 rings (SSSR count). The van der Waals surface area contributed by atoms with Crippen LogP contribution in [0.3, 0.4) is 0 Å². The summed E-state index contributed by atoms with van der Waals surface area (Å²) >= 11 is 0. The lowest BCUT2D eigenvalue weighted by molar-refractivity contribution is -0.137. The zero-order valence-corrected chi connectivity index (χ0v) is 14.2. The summed E-state index contributed by atoms with van der Waals surface area (Å²) < 4.78 is 26.9. The lowest BCUT2D eigenvalue weighted by atomic mass is 9.89. The fraction of sp³-hybridized carbons (Fsp3) is 0.500. The van der Waals surface area contributed by atoms with Gasteiger partial charge >= 0.3 is 5.97 Å². The number of Topliss-reactive ketones (excluding diaryl/α,β-unsaturated/α-hetero) is 1. The number of benzene rings is 1. The summed E-state index contributed by atoms with van der Waals surface area (Å²) in [6.45, 7) is 0. The lowest BCUT2D eigenvalue weighted by Crippen LogP contribution is -2.13. The molecule has 1 fully saturated rings. The van der Waals surface area contributed by atoms with Crippen LogP contribution in [-0.4, -0.2) is 16.9 Å². The molecule has 0 saturated heterocycles. The first kappa shape index (κ1) is 19.3. The molecular formula is C20H24F2O3. The number of allylic oxidation sites excluding steroid dienone is 1. The van der Waals surface area contributed by atoms with Gasteiger partial charge in [-0.05, 0) is 31.2 Å². The number of hydrogen-bond acceptors (Lipinski definition) is 2. The molecule has 1 N–H and O–H groups in total. The predicted octanol–water partition coefficient (Wildman–Crippen LogP) is 5.00. The summed E-state index contributed by atoms with van der Waals surface area (Å²) in [6.07, 6.45) is 8.94. The number of ketones is 1. The molecule has 25 heavy (non-hydrogen) atoms. The SMILES string of the molecule is O=C(O)CCCCCCC1C(=O)CCC1/C=C/c1cccc(F)c1F. The van der Waals surface area contributed by atoms with Crippen molar-refractivity contribution in [3.63, 3.8) is 0 Å². The Balaban J connectivity index is 1.85. The Hall–Kier alpha value is -2.04. The molecule has 0 radical (unpaired) electrons. The van der Waals surface area contributed by atoms with Gasteiger partial charge in [0.1, 0.15) is 5.78 Å².